The predicted molar refractivity (Wildman–Crippen MR) is 63.6 cm³/mol. The van der Waals surface area contributed by atoms with Gasteiger partial charge in [-0.3, -0.25) is 29.3 Å². The highest BCUT2D eigenvalue weighted by Crippen LogP contribution is 2.29. The summed E-state index contributed by atoms with van der Waals surface area (Å²) in [6.07, 6.45) is -0.239. The van der Waals surface area contributed by atoms with Gasteiger partial charge < -0.3 is 0 Å². The number of halogens is 1. The van der Waals surface area contributed by atoms with Crippen molar-refractivity contribution >= 4 is 23.6 Å². The Labute approximate surface area is 117 Å². The van der Waals surface area contributed by atoms with Crippen molar-refractivity contribution in [3.05, 3.63) is 35.1 Å². The first-order valence-electron chi connectivity index (χ1n) is 6.15. The second kappa shape index (κ2) is 4.45. The summed E-state index contributed by atoms with van der Waals surface area (Å²) in [6.45, 7) is 0. The number of carbonyl (C=O) groups is 4. The van der Waals surface area contributed by atoms with E-state index in [9.17, 15) is 28.8 Å². The van der Waals surface area contributed by atoms with E-state index in [0.717, 1.165) is 12.1 Å². The van der Waals surface area contributed by atoms with Crippen LogP contribution in [0.25, 0.3) is 0 Å². The highest BCUT2D eigenvalue weighted by molar-refractivity contribution is 6.23. The quantitative estimate of drug-likeness (QED) is 0.594. The maximum atomic E-state index is 13.2. The fourth-order valence-electron chi connectivity index (χ4n) is 2.51. The Balaban J connectivity index is 1.98. The van der Waals surface area contributed by atoms with Gasteiger partial charge in [-0.1, -0.05) is 0 Å². The molecule has 1 N–H and O–H groups in total. The van der Waals surface area contributed by atoms with Crippen molar-refractivity contribution in [1.82, 2.24) is 9.96 Å². The molecule has 8 heteroatoms. The Kier molecular flexibility index (Phi) is 2.84. The summed E-state index contributed by atoms with van der Waals surface area (Å²) in [5.74, 6) is -4.06. The number of fused-ring (bicyclic) bond motifs is 1. The number of hydrogen-bond donors (Lipinski definition) is 1. The molecule has 2 aliphatic heterocycles. The van der Waals surface area contributed by atoms with Crippen molar-refractivity contribution in [3.8, 4) is 0 Å². The lowest BCUT2D eigenvalue weighted by molar-refractivity contribution is -0.186. The molecule has 0 bridgehead atoms. The average molecular weight is 292 g/mol. The van der Waals surface area contributed by atoms with Crippen molar-refractivity contribution in [2.75, 3.05) is 0 Å². The van der Waals surface area contributed by atoms with Gasteiger partial charge in [-0.05, 0) is 24.6 Å². The number of hydroxylamine groups is 2. The highest BCUT2D eigenvalue weighted by atomic mass is 19.1. The van der Waals surface area contributed by atoms with E-state index < -0.39 is 35.5 Å². The van der Waals surface area contributed by atoms with Gasteiger partial charge in [0.1, 0.15) is 11.9 Å². The Morgan fingerprint density at radius 3 is 2.48 bits per heavy atom. The van der Waals surface area contributed by atoms with E-state index in [2.05, 4.69) is 0 Å². The van der Waals surface area contributed by atoms with Gasteiger partial charge in [0.15, 0.2) is 0 Å². The second-order valence-electron chi connectivity index (χ2n) is 4.77. The van der Waals surface area contributed by atoms with E-state index in [4.69, 9.17) is 0 Å². The zero-order valence-electron chi connectivity index (χ0n) is 10.6. The van der Waals surface area contributed by atoms with E-state index in [1.807, 2.05) is 0 Å². The smallest absolute Gasteiger partial charge is 0.276 e. The summed E-state index contributed by atoms with van der Waals surface area (Å²) in [7, 11) is 0. The first kappa shape index (κ1) is 13.4. The molecule has 108 valence electrons. The molecule has 0 aromatic heterocycles. The number of imide groups is 2. The molecule has 3 rings (SSSR count). The van der Waals surface area contributed by atoms with Crippen LogP contribution in [0.3, 0.4) is 0 Å². The van der Waals surface area contributed by atoms with Crippen LogP contribution in [0.2, 0.25) is 0 Å². The Morgan fingerprint density at radius 1 is 1.10 bits per heavy atom. The molecule has 1 fully saturated rings. The molecule has 1 saturated heterocycles. The van der Waals surface area contributed by atoms with Gasteiger partial charge in [0.05, 0.1) is 11.1 Å². The van der Waals surface area contributed by atoms with Gasteiger partial charge in [0.2, 0.25) is 0 Å². The third-order valence-electron chi connectivity index (χ3n) is 3.55. The van der Waals surface area contributed by atoms with Gasteiger partial charge in [-0.15, -0.1) is 0 Å². The van der Waals surface area contributed by atoms with Gasteiger partial charge in [-0.2, -0.15) is 5.06 Å². The number of carbonyl (C=O) groups excluding carboxylic acids is 4. The molecule has 2 aliphatic rings. The van der Waals surface area contributed by atoms with Crippen molar-refractivity contribution < 1.29 is 28.8 Å². The van der Waals surface area contributed by atoms with Crippen molar-refractivity contribution in [1.29, 1.82) is 0 Å². The molecule has 0 saturated carbocycles. The fraction of sp³-hybridized carbons (Fsp3) is 0.231. The number of amides is 4. The minimum absolute atomic E-state index is 0.00408. The third kappa shape index (κ3) is 1.83. The number of piperidine rings is 1. The highest BCUT2D eigenvalue weighted by Gasteiger charge is 2.46. The molecule has 0 spiro atoms. The van der Waals surface area contributed by atoms with Gasteiger partial charge in [0, 0.05) is 6.42 Å². The molecule has 2 heterocycles. The van der Waals surface area contributed by atoms with E-state index in [-0.39, 0.29) is 29.0 Å². The number of benzene rings is 1. The SMILES string of the molecule is O=C1CCC(N2C(=O)c3ccc(F)cc3C2=O)C(=O)N1O. The lowest BCUT2D eigenvalue weighted by Gasteiger charge is -2.30. The molecular formula is C13H9FN2O5. The van der Waals surface area contributed by atoms with Crippen LogP contribution in [-0.4, -0.2) is 44.8 Å². The van der Waals surface area contributed by atoms with Crippen LogP contribution in [0.5, 0.6) is 0 Å². The molecule has 0 aliphatic carbocycles. The van der Waals surface area contributed by atoms with Crippen LogP contribution in [0.15, 0.2) is 18.2 Å². The predicted octanol–water partition coefficient (Wildman–Crippen LogP) is 0.329. The topological polar surface area (TPSA) is 95.0 Å². The Hall–Kier alpha value is -2.61. The molecule has 4 amide bonds. The van der Waals surface area contributed by atoms with E-state index in [1.165, 1.54) is 6.07 Å². The Bertz CT molecular complexity index is 702. The maximum Gasteiger partial charge on any atom is 0.276 e. The summed E-state index contributed by atoms with van der Waals surface area (Å²) in [5, 5.41) is 9.25. The molecule has 1 atom stereocenters. The lowest BCUT2D eigenvalue weighted by atomic mass is 10.0. The standard InChI is InChI=1S/C13H9FN2O5/c14-6-1-2-7-8(5-6)12(19)15(11(7)18)9-3-4-10(17)16(21)13(9)20/h1-2,5,9,21H,3-4H2. The molecule has 21 heavy (non-hydrogen) atoms. The zero-order valence-corrected chi connectivity index (χ0v) is 10.6. The largest absolute Gasteiger partial charge is 0.278 e. The van der Waals surface area contributed by atoms with Crippen LogP contribution in [0.1, 0.15) is 33.6 Å². The van der Waals surface area contributed by atoms with Crippen LogP contribution in [-0.2, 0) is 9.59 Å². The summed E-state index contributed by atoms with van der Waals surface area (Å²) >= 11 is 0. The summed E-state index contributed by atoms with van der Waals surface area (Å²) in [4.78, 5) is 48.1. The molecule has 0 radical (unpaired) electrons. The third-order valence-corrected chi connectivity index (χ3v) is 3.55. The monoisotopic (exact) mass is 292 g/mol. The Morgan fingerprint density at radius 2 is 1.76 bits per heavy atom. The average Bonchev–Trinajstić information content (AvgIpc) is 2.69. The van der Waals surface area contributed by atoms with Gasteiger partial charge in [-0.25, -0.2) is 4.39 Å². The summed E-state index contributed by atoms with van der Waals surface area (Å²) < 4.78 is 13.2. The molecular weight excluding hydrogens is 283 g/mol. The first-order chi connectivity index (χ1) is 9.91. The number of rotatable bonds is 1. The minimum Gasteiger partial charge on any atom is -0.278 e. The molecule has 1 aromatic carbocycles. The lowest BCUT2D eigenvalue weighted by Crippen LogP contribution is -2.55. The number of nitrogens with zero attached hydrogens (tertiary/aromatic N) is 2. The second-order valence-corrected chi connectivity index (χ2v) is 4.77. The van der Waals surface area contributed by atoms with Crippen molar-refractivity contribution in [3.63, 3.8) is 0 Å². The van der Waals surface area contributed by atoms with Gasteiger partial charge in [0.25, 0.3) is 23.6 Å². The normalized spacial score (nSPS) is 22.1. The fourth-order valence-corrected chi connectivity index (χ4v) is 2.51. The molecule has 7 nitrogen and oxygen atoms in total. The van der Waals surface area contributed by atoms with E-state index in [0.29, 0.717) is 4.90 Å². The first-order valence-corrected chi connectivity index (χ1v) is 6.15. The van der Waals surface area contributed by atoms with Crippen LogP contribution < -0.4 is 0 Å². The van der Waals surface area contributed by atoms with Crippen molar-refractivity contribution in [2.45, 2.75) is 18.9 Å². The van der Waals surface area contributed by atoms with E-state index >= 15 is 0 Å². The van der Waals surface area contributed by atoms with Gasteiger partial charge >= 0.3 is 0 Å². The van der Waals surface area contributed by atoms with E-state index in [1.54, 1.807) is 0 Å². The van der Waals surface area contributed by atoms with Crippen LogP contribution >= 0.6 is 0 Å². The van der Waals surface area contributed by atoms with Crippen LogP contribution in [0.4, 0.5) is 4.39 Å². The maximum absolute atomic E-state index is 13.2. The zero-order chi connectivity index (χ0) is 15.3. The molecule has 1 aromatic rings. The number of hydrogen-bond acceptors (Lipinski definition) is 5. The molecule has 1 unspecified atom stereocenters. The summed E-state index contributed by atoms with van der Waals surface area (Å²) in [6, 6.07) is 1.87. The summed E-state index contributed by atoms with van der Waals surface area (Å²) in [5.41, 5.74) is -0.134. The minimum atomic E-state index is -1.26. The van der Waals surface area contributed by atoms with Crippen molar-refractivity contribution in [2.24, 2.45) is 0 Å². The van der Waals surface area contributed by atoms with Crippen LogP contribution in [0, 0.1) is 5.82 Å².